The van der Waals surface area contributed by atoms with Crippen LogP contribution in [0.25, 0.3) is 0 Å². The van der Waals surface area contributed by atoms with Crippen molar-refractivity contribution in [2.45, 2.75) is 45.2 Å². The highest BCUT2D eigenvalue weighted by Crippen LogP contribution is 2.18. The highest BCUT2D eigenvalue weighted by molar-refractivity contribution is 7.91. The topological polar surface area (TPSA) is 117 Å². The van der Waals surface area contributed by atoms with E-state index in [-0.39, 0.29) is 5.25 Å². The van der Waals surface area contributed by atoms with Crippen LogP contribution in [0.4, 0.5) is 0 Å². The SMILES string of the molecule is Cc1c(CN2CC(S(C)(=O)=O)C2)nnn1CCOCCOCCOCCOCCNC(C)C. The molecule has 1 N–H and O–H groups in total. The third-order valence-corrected chi connectivity index (χ3v) is 6.85. The first-order chi connectivity index (χ1) is 15.8. The molecule has 2 heterocycles. The van der Waals surface area contributed by atoms with E-state index in [0.29, 0.717) is 85.1 Å². The van der Waals surface area contributed by atoms with Gasteiger partial charge in [0.15, 0.2) is 9.84 Å². The molecule has 1 aromatic heterocycles. The van der Waals surface area contributed by atoms with Gasteiger partial charge in [-0.25, -0.2) is 13.1 Å². The van der Waals surface area contributed by atoms with Gasteiger partial charge in [-0.15, -0.1) is 5.10 Å². The highest BCUT2D eigenvalue weighted by Gasteiger charge is 2.34. The number of hydrogen-bond acceptors (Lipinski definition) is 10. The summed E-state index contributed by atoms with van der Waals surface area (Å²) >= 11 is 0. The Bertz CT molecular complexity index is 767. The van der Waals surface area contributed by atoms with Crippen molar-refractivity contribution in [2.24, 2.45) is 0 Å². The minimum Gasteiger partial charge on any atom is -0.378 e. The van der Waals surface area contributed by atoms with Gasteiger partial charge in [0, 0.05) is 38.5 Å². The van der Waals surface area contributed by atoms with Crippen LogP contribution in [0, 0.1) is 6.92 Å². The molecule has 11 nitrogen and oxygen atoms in total. The molecule has 0 aliphatic carbocycles. The van der Waals surface area contributed by atoms with Gasteiger partial charge in [0.25, 0.3) is 0 Å². The van der Waals surface area contributed by atoms with Crippen molar-refractivity contribution >= 4 is 9.84 Å². The Balaban J connectivity index is 1.41. The van der Waals surface area contributed by atoms with E-state index >= 15 is 0 Å². The maximum absolute atomic E-state index is 11.5. The second-order valence-electron chi connectivity index (χ2n) is 8.55. The van der Waals surface area contributed by atoms with Crippen molar-refractivity contribution in [2.75, 3.05) is 78.7 Å². The molecule has 1 fully saturated rings. The van der Waals surface area contributed by atoms with Gasteiger partial charge in [-0.05, 0) is 6.92 Å². The van der Waals surface area contributed by atoms with E-state index in [9.17, 15) is 8.42 Å². The van der Waals surface area contributed by atoms with Gasteiger partial charge in [0.1, 0.15) is 0 Å². The van der Waals surface area contributed by atoms with Gasteiger partial charge in [-0.1, -0.05) is 19.1 Å². The van der Waals surface area contributed by atoms with Crippen molar-refractivity contribution < 1.29 is 27.4 Å². The van der Waals surface area contributed by atoms with E-state index in [0.717, 1.165) is 17.9 Å². The number of likely N-dealkylation sites (tertiary alicyclic amines) is 1. The molecule has 0 unspecified atom stereocenters. The van der Waals surface area contributed by atoms with E-state index in [4.69, 9.17) is 18.9 Å². The fraction of sp³-hybridized carbons (Fsp3) is 0.905. The van der Waals surface area contributed by atoms with E-state index < -0.39 is 9.84 Å². The third kappa shape index (κ3) is 11.2. The summed E-state index contributed by atoms with van der Waals surface area (Å²) in [5.41, 5.74) is 1.86. The predicted molar refractivity (Wildman–Crippen MR) is 125 cm³/mol. The zero-order chi connectivity index (χ0) is 24.1. The van der Waals surface area contributed by atoms with Gasteiger partial charge in [-0.3, -0.25) is 4.90 Å². The van der Waals surface area contributed by atoms with Crippen LogP contribution >= 0.6 is 0 Å². The molecule has 0 saturated carbocycles. The molecular weight excluding hydrogens is 450 g/mol. The zero-order valence-electron chi connectivity index (χ0n) is 20.5. The second-order valence-corrected chi connectivity index (χ2v) is 10.9. The molecule has 2 rings (SSSR count). The normalized spacial score (nSPS) is 15.4. The first-order valence-electron chi connectivity index (χ1n) is 11.6. The van der Waals surface area contributed by atoms with Crippen LogP contribution in [0.15, 0.2) is 0 Å². The van der Waals surface area contributed by atoms with Gasteiger partial charge in [0.05, 0.1) is 76.0 Å². The number of ether oxygens (including phenoxy) is 4. The Morgan fingerprint density at radius 2 is 1.52 bits per heavy atom. The lowest BCUT2D eigenvalue weighted by atomic mass is 10.2. The lowest BCUT2D eigenvalue weighted by Crippen LogP contribution is -2.53. The first-order valence-corrected chi connectivity index (χ1v) is 13.6. The molecule has 192 valence electrons. The molecular formula is C21H41N5O6S. The summed E-state index contributed by atoms with van der Waals surface area (Å²) in [6, 6.07) is 0.478. The molecule has 0 amide bonds. The standard InChI is InChI=1S/C21H41N5O6S/c1-18(2)22-5-7-29-9-11-31-13-14-32-12-10-30-8-6-26-19(3)21(23-24-26)17-25-15-20(16-25)33(4,27)28/h18,20,22H,5-17H2,1-4H3. The Morgan fingerprint density at radius 1 is 0.970 bits per heavy atom. The van der Waals surface area contributed by atoms with Crippen LogP contribution in [0.5, 0.6) is 0 Å². The molecule has 12 heteroatoms. The van der Waals surface area contributed by atoms with E-state index in [1.165, 1.54) is 6.26 Å². The fourth-order valence-corrected chi connectivity index (χ4v) is 4.18. The largest absolute Gasteiger partial charge is 0.378 e. The first kappa shape index (κ1) is 28.1. The van der Waals surface area contributed by atoms with Crippen LogP contribution in [-0.2, 0) is 41.9 Å². The number of nitrogens with zero attached hydrogens (tertiary/aromatic N) is 4. The molecule has 0 radical (unpaired) electrons. The van der Waals surface area contributed by atoms with Crippen LogP contribution in [0.2, 0.25) is 0 Å². The highest BCUT2D eigenvalue weighted by atomic mass is 32.2. The van der Waals surface area contributed by atoms with E-state index in [2.05, 4.69) is 34.4 Å². The predicted octanol–water partition coefficient (Wildman–Crippen LogP) is -0.120. The molecule has 0 aromatic carbocycles. The van der Waals surface area contributed by atoms with Crippen molar-refractivity contribution in [1.29, 1.82) is 0 Å². The lowest BCUT2D eigenvalue weighted by Gasteiger charge is -2.37. The Morgan fingerprint density at radius 3 is 2.06 bits per heavy atom. The van der Waals surface area contributed by atoms with E-state index in [1.807, 2.05) is 11.6 Å². The third-order valence-electron chi connectivity index (χ3n) is 5.34. The van der Waals surface area contributed by atoms with Crippen LogP contribution in [-0.4, -0.2) is 118 Å². The Kier molecular flexibility index (Phi) is 12.7. The summed E-state index contributed by atoms with van der Waals surface area (Å²) < 4.78 is 46.9. The summed E-state index contributed by atoms with van der Waals surface area (Å²) in [6.07, 6.45) is 1.29. The number of aromatic nitrogens is 3. The summed E-state index contributed by atoms with van der Waals surface area (Å²) in [5.74, 6) is 0. The minimum atomic E-state index is -2.95. The number of rotatable bonds is 19. The molecule has 1 aliphatic heterocycles. The minimum absolute atomic E-state index is 0.258. The maximum atomic E-state index is 11.5. The maximum Gasteiger partial charge on any atom is 0.152 e. The fourth-order valence-electron chi connectivity index (χ4n) is 3.22. The van der Waals surface area contributed by atoms with Crippen molar-refractivity contribution in [1.82, 2.24) is 25.2 Å². The summed E-state index contributed by atoms with van der Waals surface area (Å²) in [7, 11) is -2.95. The molecule has 1 saturated heterocycles. The summed E-state index contributed by atoms with van der Waals surface area (Å²) in [4.78, 5) is 2.07. The molecule has 0 atom stereocenters. The summed E-state index contributed by atoms with van der Waals surface area (Å²) in [5, 5.41) is 11.4. The van der Waals surface area contributed by atoms with Crippen molar-refractivity contribution in [3.05, 3.63) is 11.4 Å². The molecule has 33 heavy (non-hydrogen) atoms. The van der Waals surface area contributed by atoms with Crippen LogP contribution in [0.1, 0.15) is 25.2 Å². The van der Waals surface area contributed by atoms with Crippen molar-refractivity contribution in [3.63, 3.8) is 0 Å². The zero-order valence-corrected chi connectivity index (χ0v) is 21.3. The van der Waals surface area contributed by atoms with Crippen LogP contribution in [0.3, 0.4) is 0 Å². The number of hydrogen-bond donors (Lipinski definition) is 1. The molecule has 0 bridgehead atoms. The van der Waals surface area contributed by atoms with Gasteiger partial charge in [0.2, 0.25) is 0 Å². The van der Waals surface area contributed by atoms with Gasteiger partial charge in [-0.2, -0.15) is 0 Å². The monoisotopic (exact) mass is 491 g/mol. The second kappa shape index (κ2) is 15.0. The molecule has 1 aromatic rings. The summed E-state index contributed by atoms with van der Waals surface area (Å²) in [6.45, 7) is 13.8. The van der Waals surface area contributed by atoms with Gasteiger partial charge < -0.3 is 24.3 Å². The molecule has 1 aliphatic rings. The average Bonchev–Trinajstić information content (AvgIpc) is 3.05. The average molecular weight is 492 g/mol. The number of sulfone groups is 1. The van der Waals surface area contributed by atoms with Gasteiger partial charge >= 0.3 is 0 Å². The van der Waals surface area contributed by atoms with Crippen LogP contribution < -0.4 is 5.32 Å². The number of nitrogens with one attached hydrogen (secondary N) is 1. The van der Waals surface area contributed by atoms with E-state index in [1.54, 1.807) is 0 Å². The lowest BCUT2D eigenvalue weighted by molar-refractivity contribution is -0.00255. The van der Waals surface area contributed by atoms with Crippen molar-refractivity contribution in [3.8, 4) is 0 Å². The smallest absolute Gasteiger partial charge is 0.152 e. The molecule has 0 spiro atoms. The Labute approximate surface area is 198 Å². The quantitative estimate of drug-likeness (QED) is 0.263. The Hall–Kier alpha value is -1.15.